The van der Waals surface area contributed by atoms with Crippen LogP contribution in [0.3, 0.4) is 0 Å². The van der Waals surface area contributed by atoms with Crippen molar-refractivity contribution in [1.82, 2.24) is 0 Å². The fourth-order valence-electron chi connectivity index (χ4n) is 1.71. The summed E-state index contributed by atoms with van der Waals surface area (Å²) < 4.78 is 0.978. The minimum Gasteiger partial charge on any atom is -0.324 e. The first-order valence-electron chi connectivity index (χ1n) is 5.38. The van der Waals surface area contributed by atoms with Crippen molar-refractivity contribution in [3.8, 4) is 0 Å². The summed E-state index contributed by atoms with van der Waals surface area (Å²) in [7, 11) is 0. The Bertz CT molecular complexity index is 464. The molecule has 0 fully saturated rings. The highest BCUT2D eigenvalue weighted by molar-refractivity contribution is 9.10. The average Bonchev–Trinajstić information content (AvgIpc) is 2.77. The van der Waals surface area contributed by atoms with Crippen LogP contribution in [0.2, 0.25) is 5.02 Å². The van der Waals surface area contributed by atoms with Crippen molar-refractivity contribution in [2.45, 2.75) is 18.9 Å². The van der Waals surface area contributed by atoms with Gasteiger partial charge in [-0.2, -0.15) is 11.3 Å². The van der Waals surface area contributed by atoms with E-state index in [0.29, 0.717) is 0 Å². The van der Waals surface area contributed by atoms with Crippen molar-refractivity contribution in [2.24, 2.45) is 5.73 Å². The van der Waals surface area contributed by atoms with E-state index in [1.165, 1.54) is 5.56 Å². The van der Waals surface area contributed by atoms with Gasteiger partial charge in [0.25, 0.3) is 0 Å². The van der Waals surface area contributed by atoms with E-state index < -0.39 is 0 Å². The van der Waals surface area contributed by atoms with Crippen LogP contribution in [-0.4, -0.2) is 0 Å². The number of benzene rings is 1. The number of aryl methyl sites for hydroxylation is 1. The molecule has 2 rings (SSSR count). The highest BCUT2D eigenvalue weighted by Crippen LogP contribution is 2.25. The number of rotatable bonds is 4. The molecular weight excluding hydrogens is 318 g/mol. The second kappa shape index (κ2) is 6.01. The molecule has 4 heteroatoms. The van der Waals surface area contributed by atoms with Crippen molar-refractivity contribution in [1.29, 1.82) is 0 Å². The van der Waals surface area contributed by atoms with Gasteiger partial charge in [0.05, 0.1) is 0 Å². The van der Waals surface area contributed by atoms with Gasteiger partial charge in [-0.25, -0.2) is 0 Å². The van der Waals surface area contributed by atoms with Crippen LogP contribution in [0.15, 0.2) is 39.5 Å². The lowest BCUT2D eigenvalue weighted by Gasteiger charge is -2.12. The number of halogens is 2. The van der Waals surface area contributed by atoms with Crippen molar-refractivity contribution in [2.75, 3.05) is 0 Å². The van der Waals surface area contributed by atoms with Crippen LogP contribution in [-0.2, 0) is 6.42 Å². The first kappa shape index (κ1) is 13.1. The molecule has 1 unspecified atom stereocenters. The third kappa shape index (κ3) is 3.81. The maximum atomic E-state index is 6.17. The molecule has 0 saturated heterocycles. The third-order valence-corrected chi connectivity index (χ3v) is 4.05. The number of nitrogens with two attached hydrogens (primary N) is 1. The normalized spacial score (nSPS) is 12.6. The molecule has 0 spiro atoms. The predicted octanol–water partition coefficient (Wildman–Crippen LogP) is 4.80. The molecule has 2 aromatic rings. The molecule has 0 bridgehead atoms. The van der Waals surface area contributed by atoms with Gasteiger partial charge < -0.3 is 5.73 Å². The van der Waals surface area contributed by atoms with Crippen molar-refractivity contribution < 1.29 is 0 Å². The van der Waals surface area contributed by atoms with E-state index in [2.05, 4.69) is 32.8 Å². The summed E-state index contributed by atoms with van der Waals surface area (Å²) in [5, 5.41) is 4.98. The monoisotopic (exact) mass is 329 g/mol. The van der Waals surface area contributed by atoms with E-state index in [0.717, 1.165) is 27.9 Å². The minimum absolute atomic E-state index is 0.0323. The summed E-state index contributed by atoms with van der Waals surface area (Å²) >= 11 is 11.2. The van der Waals surface area contributed by atoms with E-state index in [1.54, 1.807) is 11.3 Å². The molecule has 0 aliphatic carbocycles. The Morgan fingerprint density at radius 2 is 2.18 bits per heavy atom. The Morgan fingerprint density at radius 3 is 2.82 bits per heavy atom. The van der Waals surface area contributed by atoms with Crippen LogP contribution in [0.1, 0.15) is 23.6 Å². The van der Waals surface area contributed by atoms with Gasteiger partial charge in [0.15, 0.2) is 0 Å². The third-order valence-electron chi connectivity index (χ3n) is 2.64. The van der Waals surface area contributed by atoms with E-state index in [1.807, 2.05) is 18.2 Å². The molecule has 0 radical (unpaired) electrons. The Labute approximate surface area is 119 Å². The average molecular weight is 331 g/mol. The summed E-state index contributed by atoms with van der Waals surface area (Å²) in [6.07, 6.45) is 1.94. The lowest BCUT2D eigenvalue weighted by atomic mass is 10.0. The second-order valence-corrected chi connectivity index (χ2v) is 6.11. The first-order valence-corrected chi connectivity index (χ1v) is 7.49. The Morgan fingerprint density at radius 1 is 1.35 bits per heavy atom. The van der Waals surface area contributed by atoms with Gasteiger partial charge in [-0.3, -0.25) is 0 Å². The van der Waals surface area contributed by atoms with Crippen molar-refractivity contribution in [3.05, 3.63) is 55.6 Å². The lowest BCUT2D eigenvalue weighted by molar-refractivity contribution is 0.652. The van der Waals surface area contributed by atoms with Gasteiger partial charge in [-0.05, 0) is 59.0 Å². The van der Waals surface area contributed by atoms with Gasteiger partial charge in [-0.1, -0.05) is 27.5 Å². The molecule has 0 aliphatic rings. The smallest absolute Gasteiger partial charge is 0.0420 e. The van der Waals surface area contributed by atoms with Gasteiger partial charge in [-0.15, -0.1) is 0 Å². The summed E-state index contributed by atoms with van der Waals surface area (Å²) in [6.45, 7) is 0. The zero-order valence-corrected chi connectivity index (χ0v) is 12.4. The zero-order chi connectivity index (χ0) is 12.3. The number of thiophene rings is 1. The van der Waals surface area contributed by atoms with Crippen LogP contribution in [0, 0.1) is 0 Å². The zero-order valence-electron chi connectivity index (χ0n) is 9.20. The predicted molar refractivity (Wildman–Crippen MR) is 78.7 cm³/mol. The van der Waals surface area contributed by atoms with Crippen LogP contribution >= 0.6 is 38.9 Å². The van der Waals surface area contributed by atoms with Crippen LogP contribution < -0.4 is 5.73 Å². The SMILES string of the molecule is NC(CCc1ccsc1)c1cc(Cl)cc(Br)c1. The van der Waals surface area contributed by atoms with Crippen LogP contribution in [0.25, 0.3) is 0 Å². The number of hydrogen-bond donors (Lipinski definition) is 1. The van der Waals surface area contributed by atoms with E-state index in [-0.39, 0.29) is 6.04 Å². The minimum atomic E-state index is 0.0323. The highest BCUT2D eigenvalue weighted by Gasteiger charge is 2.08. The molecule has 0 amide bonds. The van der Waals surface area contributed by atoms with E-state index in [4.69, 9.17) is 17.3 Å². The largest absolute Gasteiger partial charge is 0.324 e. The summed E-state index contributed by atoms with van der Waals surface area (Å²) in [6, 6.07) is 8.02. The summed E-state index contributed by atoms with van der Waals surface area (Å²) in [5.41, 5.74) is 8.61. The molecule has 0 aliphatic heterocycles. The maximum absolute atomic E-state index is 6.17. The van der Waals surface area contributed by atoms with Gasteiger partial charge in [0.2, 0.25) is 0 Å². The molecule has 2 N–H and O–H groups in total. The summed E-state index contributed by atoms with van der Waals surface area (Å²) in [5.74, 6) is 0. The standard InChI is InChI=1S/C13H13BrClNS/c14-11-5-10(6-12(15)7-11)13(16)2-1-9-3-4-17-8-9/h3-8,13H,1-2,16H2. The molecular formula is C13H13BrClNS. The molecule has 1 atom stereocenters. The maximum Gasteiger partial charge on any atom is 0.0420 e. The quantitative estimate of drug-likeness (QED) is 0.856. The summed E-state index contributed by atoms with van der Waals surface area (Å²) in [4.78, 5) is 0. The Hall–Kier alpha value is -0.350. The molecule has 1 heterocycles. The molecule has 17 heavy (non-hydrogen) atoms. The van der Waals surface area contributed by atoms with E-state index >= 15 is 0 Å². The second-order valence-electron chi connectivity index (χ2n) is 3.98. The Balaban J connectivity index is 2.01. The van der Waals surface area contributed by atoms with Crippen LogP contribution in [0.5, 0.6) is 0 Å². The van der Waals surface area contributed by atoms with Gasteiger partial charge in [0.1, 0.15) is 0 Å². The van der Waals surface area contributed by atoms with Crippen LogP contribution in [0.4, 0.5) is 0 Å². The van der Waals surface area contributed by atoms with E-state index in [9.17, 15) is 0 Å². The lowest BCUT2D eigenvalue weighted by Crippen LogP contribution is -2.11. The molecule has 0 saturated carbocycles. The fraction of sp³-hybridized carbons (Fsp3) is 0.231. The fourth-order valence-corrected chi connectivity index (χ4v) is 3.30. The van der Waals surface area contributed by atoms with Gasteiger partial charge >= 0.3 is 0 Å². The highest BCUT2D eigenvalue weighted by atomic mass is 79.9. The van der Waals surface area contributed by atoms with Crippen molar-refractivity contribution >= 4 is 38.9 Å². The molecule has 1 nitrogen and oxygen atoms in total. The Kier molecular flexibility index (Phi) is 4.62. The van der Waals surface area contributed by atoms with Gasteiger partial charge in [0, 0.05) is 15.5 Å². The molecule has 90 valence electrons. The molecule has 1 aromatic carbocycles. The van der Waals surface area contributed by atoms with Crippen molar-refractivity contribution in [3.63, 3.8) is 0 Å². The molecule has 1 aromatic heterocycles. The first-order chi connectivity index (χ1) is 8.15. The topological polar surface area (TPSA) is 26.0 Å². The number of hydrogen-bond acceptors (Lipinski definition) is 2.